The maximum absolute atomic E-state index is 13.2. The number of hydrogen-bond donors (Lipinski definition) is 1. The Bertz CT molecular complexity index is 959. The first kappa shape index (κ1) is 20.0. The van der Waals surface area contributed by atoms with E-state index in [1.165, 1.54) is 0 Å². The summed E-state index contributed by atoms with van der Waals surface area (Å²) in [6.45, 7) is 5.07. The Morgan fingerprint density at radius 1 is 1.13 bits per heavy atom. The van der Waals surface area contributed by atoms with Crippen molar-refractivity contribution >= 4 is 34.8 Å². The van der Waals surface area contributed by atoms with Gasteiger partial charge in [0.1, 0.15) is 6.61 Å². The molecule has 7 heteroatoms. The van der Waals surface area contributed by atoms with Crippen LogP contribution in [0.2, 0.25) is 10.0 Å². The van der Waals surface area contributed by atoms with E-state index in [2.05, 4.69) is 15.1 Å². The smallest absolute Gasteiger partial charge is 0.255 e. The molecule has 0 aliphatic carbocycles. The summed E-state index contributed by atoms with van der Waals surface area (Å²) in [6, 6.07) is 11.6. The van der Waals surface area contributed by atoms with E-state index in [0.29, 0.717) is 41.9 Å². The summed E-state index contributed by atoms with van der Waals surface area (Å²) in [7, 11) is 0. The number of piperidine rings is 3. The van der Waals surface area contributed by atoms with Gasteiger partial charge in [0.05, 0.1) is 17.8 Å². The lowest BCUT2D eigenvalue weighted by Crippen LogP contribution is -2.57. The summed E-state index contributed by atoms with van der Waals surface area (Å²) >= 11 is 12.8. The maximum Gasteiger partial charge on any atom is 0.255 e. The molecule has 0 saturated carbocycles. The third kappa shape index (κ3) is 3.86. The van der Waals surface area contributed by atoms with Gasteiger partial charge in [0.25, 0.3) is 5.91 Å². The highest BCUT2D eigenvalue weighted by atomic mass is 35.5. The van der Waals surface area contributed by atoms with Gasteiger partial charge in [-0.25, -0.2) is 0 Å². The van der Waals surface area contributed by atoms with Crippen molar-refractivity contribution in [2.24, 2.45) is 5.92 Å². The van der Waals surface area contributed by atoms with Gasteiger partial charge in [-0.05, 0) is 55.6 Å². The van der Waals surface area contributed by atoms with Crippen LogP contribution in [0.25, 0.3) is 0 Å². The van der Waals surface area contributed by atoms with Crippen molar-refractivity contribution in [1.29, 1.82) is 0 Å². The Morgan fingerprint density at radius 2 is 1.93 bits per heavy atom. The van der Waals surface area contributed by atoms with Gasteiger partial charge in [-0.1, -0.05) is 41.4 Å². The zero-order valence-corrected chi connectivity index (χ0v) is 18.3. The van der Waals surface area contributed by atoms with E-state index in [0.717, 1.165) is 48.7 Å². The van der Waals surface area contributed by atoms with Crippen molar-refractivity contribution in [2.75, 3.05) is 37.7 Å². The molecule has 4 heterocycles. The normalized spacial score (nSPS) is 24.9. The van der Waals surface area contributed by atoms with Gasteiger partial charge in [-0.2, -0.15) is 0 Å². The highest BCUT2D eigenvalue weighted by Gasteiger charge is 2.36. The van der Waals surface area contributed by atoms with Gasteiger partial charge in [0, 0.05) is 29.2 Å². The number of nitrogens with one attached hydrogen (secondary N) is 1. The topological polar surface area (TPSA) is 44.8 Å². The molecule has 1 amide bonds. The molecule has 4 aliphatic heterocycles. The molecule has 2 aromatic carbocycles. The van der Waals surface area contributed by atoms with E-state index in [1.807, 2.05) is 30.3 Å². The number of anilines is 1. The van der Waals surface area contributed by atoms with Gasteiger partial charge in [0.15, 0.2) is 5.75 Å². The number of hydrogen-bond acceptors (Lipinski definition) is 4. The van der Waals surface area contributed by atoms with Crippen molar-refractivity contribution in [3.8, 4) is 5.75 Å². The number of nitrogens with zero attached hydrogens (tertiary/aromatic N) is 2. The number of carbonyl (C=O) groups is 1. The van der Waals surface area contributed by atoms with Gasteiger partial charge in [0.2, 0.25) is 0 Å². The standard InChI is InChI=1S/C23H25Cl2N3O2/c24-17-11-18(23(29)26-20-14-27-7-5-15(20)6-8-27)22-21(12-17)28(9-10-30-22)13-16-3-1-2-4-19(16)25/h1-4,11-12,15,20H,5-10,13-14H2,(H,26,29). The van der Waals surface area contributed by atoms with Gasteiger partial charge < -0.3 is 19.9 Å². The molecule has 0 radical (unpaired) electrons. The molecule has 0 aromatic heterocycles. The zero-order chi connectivity index (χ0) is 20.7. The number of carbonyl (C=O) groups excluding carboxylic acids is 1. The Balaban J connectivity index is 1.41. The number of rotatable bonds is 4. The predicted molar refractivity (Wildman–Crippen MR) is 120 cm³/mol. The number of fused-ring (bicyclic) bond motifs is 4. The number of benzene rings is 2. The minimum absolute atomic E-state index is 0.105. The van der Waals surface area contributed by atoms with Crippen molar-refractivity contribution in [3.63, 3.8) is 0 Å². The van der Waals surface area contributed by atoms with Crippen LogP contribution in [-0.4, -0.2) is 49.6 Å². The molecule has 30 heavy (non-hydrogen) atoms. The molecular weight excluding hydrogens is 421 g/mol. The van der Waals surface area contributed by atoms with E-state index in [1.54, 1.807) is 6.07 Å². The number of amides is 1. The van der Waals surface area contributed by atoms with Crippen LogP contribution in [0.5, 0.6) is 5.75 Å². The Kier molecular flexibility index (Phi) is 5.52. The van der Waals surface area contributed by atoms with E-state index >= 15 is 0 Å². The Morgan fingerprint density at radius 3 is 2.67 bits per heavy atom. The molecule has 3 saturated heterocycles. The molecule has 3 fully saturated rings. The number of halogens is 2. The summed E-state index contributed by atoms with van der Waals surface area (Å²) in [5.41, 5.74) is 2.39. The van der Waals surface area contributed by atoms with Crippen LogP contribution < -0.4 is 15.0 Å². The van der Waals surface area contributed by atoms with Crippen LogP contribution in [0.1, 0.15) is 28.8 Å². The summed E-state index contributed by atoms with van der Waals surface area (Å²) in [5.74, 6) is 1.06. The van der Waals surface area contributed by atoms with Gasteiger partial charge in [-0.3, -0.25) is 4.79 Å². The second kappa shape index (κ2) is 8.29. The van der Waals surface area contributed by atoms with Crippen molar-refractivity contribution in [3.05, 3.63) is 57.6 Å². The third-order valence-corrected chi connectivity index (χ3v) is 7.11. The minimum Gasteiger partial charge on any atom is -0.489 e. The molecule has 5 nitrogen and oxygen atoms in total. The molecule has 6 rings (SSSR count). The fourth-order valence-corrected chi connectivity index (χ4v) is 5.29. The molecular formula is C23H25Cl2N3O2. The van der Waals surface area contributed by atoms with E-state index in [4.69, 9.17) is 27.9 Å². The van der Waals surface area contributed by atoms with E-state index in [-0.39, 0.29) is 11.9 Å². The monoisotopic (exact) mass is 445 g/mol. The second-order valence-corrected chi connectivity index (χ2v) is 9.22. The summed E-state index contributed by atoms with van der Waals surface area (Å²) < 4.78 is 5.98. The molecule has 1 unspecified atom stereocenters. The molecule has 2 aromatic rings. The average Bonchev–Trinajstić information content (AvgIpc) is 2.76. The van der Waals surface area contributed by atoms with Crippen LogP contribution in [0.15, 0.2) is 36.4 Å². The SMILES string of the molecule is O=C(NC1CN2CCC1CC2)c1cc(Cl)cc2c1OCCN2Cc1ccccc1Cl. The van der Waals surface area contributed by atoms with Crippen LogP contribution in [0.4, 0.5) is 5.69 Å². The van der Waals surface area contributed by atoms with Crippen LogP contribution in [0, 0.1) is 5.92 Å². The summed E-state index contributed by atoms with van der Waals surface area (Å²) in [6.07, 6.45) is 2.31. The first-order valence-corrected chi connectivity index (χ1v) is 11.3. The highest BCUT2D eigenvalue weighted by molar-refractivity contribution is 6.32. The highest BCUT2D eigenvalue weighted by Crippen LogP contribution is 2.39. The van der Waals surface area contributed by atoms with Gasteiger partial charge >= 0.3 is 0 Å². The Hall–Kier alpha value is -1.95. The molecule has 4 aliphatic rings. The van der Waals surface area contributed by atoms with Crippen LogP contribution in [-0.2, 0) is 6.54 Å². The fraction of sp³-hybridized carbons (Fsp3) is 0.435. The summed E-state index contributed by atoms with van der Waals surface area (Å²) in [4.78, 5) is 17.8. The molecule has 2 bridgehead atoms. The van der Waals surface area contributed by atoms with E-state index in [9.17, 15) is 4.79 Å². The molecule has 158 valence electrons. The molecule has 1 N–H and O–H groups in total. The lowest BCUT2D eigenvalue weighted by atomic mass is 9.84. The first-order valence-electron chi connectivity index (χ1n) is 10.6. The maximum atomic E-state index is 13.2. The van der Waals surface area contributed by atoms with Crippen LogP contribution >= 0.6 is 23.2 Å². The predicted octanol–water partition coefficient (Wildman–Crippen LogP) is 4.22. The number of ether oxygens (including phenoxy) is 1. The minimum atomic E-state index is -0.105. The molecule has 0 spiro atoms. The zero-order valence-electron chi connectivity index (χ0n) is 16.7. The van der Waals surface area contributed by atoms with E-state index < -0.39 is 0 Å². The third-order valence-electron chi connectivity index (χ3n) is 6.52. The lowest BCUT2D eigenvalue weighted by Gasteiger charge is -2.45. The first-order chi connectivity index (χ1) is 14.6. The fourth-order valence-electron chi connectivity index (χ4n) is 4.88. The summed E-state index contributed by atoms with van der Waals surface area (Å²) in [5, 5.41) is 4.52. The van der Waals surface area contributed by atoms with Crippen LogP contribution in [0.3, 0.4) is 0 Å². The molecule has 1 atom stereocenters. The second-order valence-electron chi connectivity index (χ2n) is 8.38. The Labute approximate surface area is 186 Å². The van der Waals surface area contributed by atoms with Crippen molar-refractivity contribution < 1.29 is 9.53 Å². The quantitative estimate of drug-likeness (QED) is 0.764. The average molecular weight is 446 g/mol. The largest absolute Gasteiger partial charge is 0.489 e. The van der Waals surface area contributed by atoms with Crippen molar-refractivity contribution in [2.45, 2.75) is 25.4 Å². The van der Waals surface area contributed by atoms with Gasteiger partial charge in [-0.15, -0.1) is 0 Å². The van der Waals surface area contributed by atoms with Crippen molar-refractivity contribution in [1.82, 2.24) is 10.2 Å². The lowest BCUT2D eigenvalue weighted by molar-refractivity contribution is 0.0618.